The Morgan fingerprint density at radius 2 is 2.15 bits per heavy atom. The van der Waals surface area contributed by atoms with E-state index >= 15 is 0 Å². The van der Waals surface area contributed by atoms with Crippen molar-refractivity contribution in [1.82, 2.24) is 4.90 Å². The maximum Gasteiger partial charge on any atom is 0.298 e. The Bertz CT molecular complexity index is 280. The molecule has 0 radical (unpaired) electrons. The topological polar surface area (TPSA) is 20.3 Å². The van der Waals surface area contributed by atoms with Gasteiger partial charge in [-0.15, -0.1) is 0 Å². The van der Waals surface area contributed by atoms with Crippen LogP contribution < -0.4 is 0 Å². The number of hydrogen-bond donors (Lipinski definition) is 0. The summed E-state index contributed by atoms with van der Waals surface area (Å²) in [6.45, 7) is 3.59. The average Bonchev–Trinajstić information content (AvgIpc) is 2.85. The molecule has 0 atom stereocenters. The van der Waals surface area contributed by atoms with Crippen LogP contribution in [0, 0.1) is 17.3 Å². The number of rotatable bonds is 0. The molecular weight excluding hydrogens is 162 g/mol. The zero-order valence-corrected chi connectivity index (χ0v) is 8.10. The molecule has 1 aliphatic heterocycles. The third-order valence-corrected chi connectivity index (χ3v) is 3.14. The number of amides is 1. The highest BCUT2D eigenvalue weighted by atomic mass is 16.2. The molecule has 1 heterocycles. The summed E-state index contributed by atoms with van der Waals surface area (Å²) in [5, 5.41) is 0. The minimum Gasteiger partial charge on any atom is -0.331 e. The van der Waals surface area contributed by atoms with E-state index in [2.05, 4.69) is 11.8 Å². The molecule has 0 aromatic carbocycles. The van der Waals surface area contributed by atoms with Gasteiger partial charge in [0.25, 0.3) is 5.91 Å². The van der Waals surface area contributed by atoms with E-state index in [-0.39, 0.29) is 5.91 Å². The second-order valence-corrected chi connectivity index (χ2v) is 4.21. The van der Waals surface area contributed by atoms with Gasteiger partial charge in [-0.3, -0.25) is 4.79 Å². The number of carbonyl (C=O) groups is 1. The van der Waals surface area contributed by atoms with E-state index in [1.807, 2.05) is 4.90 Å². The van der Waals surface area contributed by atoms with E-state index in [1.165, 1.54) is 19.3 Å². The van der Waals surface area contributed by atoms with E-state index < -0.39 is 0 Å². The summed E-state index contributed by atoms with van der Waals surface area (Å²) in [5.74, 6) is 5.31. The van der Waals surface area contributed by atoms with E-state index in [0.717, 1.165) is 19.5 Å². The van der Waals surface area contributed by atoms with Crippen molar-refractivity contribution < 1.29 is 4.79 Å². The smallest absolute Gasteiger partial charge is 0.298 e. The molecule has 0 aromatic heterocycles. The SMILES string of the molecule is CC#CC(=O)N1CCCC2(CC2)C1. The largest absolute Gasteiger partial charge is 0.331 e. The first kappa shape index (κ1) is 8.62. The molecule has 1 saturated carbocycles. The van der Waals surface area contributed by atoms with Crippen LogP contribution in [-0.2, 0) is 4.79 Å². The van der Waals surface area contributed by atoms with Crippen LogP contribution in [0.3, 0.4) is 0 Å². The van der Waals surface area contributed by atoms with Crippen LogP contribution in [0.5, 0.6) is 0 Å². The molecule has 2 aliphatic rings. The molecule has 1 aliphatic carbocycles. The van der Waals surface area contributed by atoms with Crippen molar-refractivity contribution in [3.63, 3.8) is 0 Å². The standard InChI is InChI=1S/C11H15NO/c1-2-4-10(13)12-8-3-5-11(9-12)6-7-11/h3,5-9H2,1H3. The van der Waals surface area contributed by atoms with Gasteiger partial charge in [-0.1, -0.05) is 5.92 Å². The van der Waals surface area contributed by atoms with Gasteiger partial charge in [0.1, 0.15) is 0 Å². The van der Waals surface area contributed by atoms with Crippen molar-refractivity contribution in [2.75, 3.05) is 13.1 Å². The molecule has 1 amide bonds. The lowest BCUT2D eigenvalue weighted by Gasteiger charge is -2.31. The van der Waals surface area contributed by atoms with Crippen molar-refractivity contribution in [1.29, 1.82) is 0 Å². The van der Waals surface area contributed by atoms with Gasteiger partial charge in [0.2, 0.25) is 0 Å². The van der Waals surface area contributed by atoms with Gasteiger partial charge in [-0.2, -0.15) is 0 Å². The lowest BCUT2D eigenvalue weighted by molar-refractivity contribution is -0.127. The van der Waals surface area contributed by atoms with Crippen LogP contribution in [0.1, 0.15) is 32.6 Å². The highest BCUT2D eigenvalue weighted by Crippen LogP contribution is 2.51. The van der Waals surface area contributed by atoms with E-state index in [9.17, 15) is 4.79 Å². The Morgan fingerprint density at radius 3 is 2.77 bits per heavy atom. The molecule has 0 N–H and O–H groups in total. The Morgan fingerprint density at radius 1 is 1.38 bits per heavy atom. The molecule has 1 spiro atoms. The van der Waals surface area contributed by atoms with Crippen molar-refractivity contribution in [3.05, 3.63) is 0 Å². The lowest BCUT2D eigenvalue weighted by Crippen LogP contribution is -2.40. The van der Waals surface area contributed by atoms with Gasteiger partial charge >= 0.3 is 0 Å². The summed E-state index contributed by atoms with van der Waals surface area (Å²) in [5.41, 5.74) is 0.517. The highest BCUT2D eigenvalue weighted by Gasteiger charge is 2.46. The zero-order chi connectivity index (χ0) is 9.31. The minimum atomic E-state index is 0.0217. The molecule has 0 unspecified atom stereocenters. The van der Waals surface area contributed by atoms with Gasteiger partial charge in [0, 0.05) is 13.1 Å². The van der Waals surface area contributed by atoms with Gasteiger partial charge < -0.3 is 4.90 Å². The van der Waals surface area contributed by atoms with E-state index in [0.29, 0.717) is 5.41 Å². The molecule has 0 bridgehead atoms. The molecular formula is C11H15NO. The first-order valence-electron chi connectivity index (χ1n) is 4.97. The van der Waals surface area contributed by atoms with Gasteiger partial charge in [-0.05, 0) is 43.9 Å². The summed E-state index contributed by atoms with van der Waals surface area (Å²) >= 11 is 0. The van der Waals surface area contributed by atoms with Crippen LogP contribution in [0.25, 0.3) is 0 Å². The van der Waals surface area contributed by atoms with Crippen molar-refractivity contribution in [2.45, 2.75) is 32.6 Å². The number of piperidine rings is 1. The Kier molecular flexibility index (Phi) is 2.03. The molecule has 2 fully saturated rings. The fourth-order valence-electron chi connectivity index (χ4n) is 2.15. The first-order chi connectivity index (χ1) is 6.26. The quantitative estimate of drug-likeness (QED) is 0.512. The predicted molar refractivity (Wildman–Crippen MR) is 50.9 cm³/mol. The normalized spacial score (nSPS) is 23.6. The number of likely N-dealkylation sites (tertiary alicyclic amines) is 1. The van der Waals surface area contributed by atoms with Crippen LogP contribution in [0.15, 0.2) is 0 Å². The van der Waals surface area contributed by atoms with Gasteiger partial charge in [-0.25, -0.2) is 0 Å². The predicted octanol–water partition coefficient (Wildman–Crippen LogP) is 1.41. The summed E-state index contributed by atoms with van der Waals surface area (Å²) in [6.07, 6.45) is 5.11. The Labute approximate surface area is 79.3 Å². The maximum absolute atomic E-state index is 11.5. The van der Waals surface area contributed by atoms with Crippen LogP contribution in [0.4, 0.5) is 0 Å². The molecule has 2 heteroatoms. The zero-order valence-electron chi connectivity index (χ0n) is 8.10. The Balaban J connectivity index is 1.98. The molecule has 0 aromatic rings. The number of nitrogens with zero attached hydrogens (tertiary/aromatic N) is 1. The summed E-state index contributed by atoms with van der Waals surface area (Å²) in [4.78, 5) is 13.4. The molecule has 70 valence electrons. The summed E-state index contributed by atoms with van der Waals surface area (Å²) in [7, 11) is 0. The average molecular weight is 177 g/mol. The number of carbonyl (C=O) groups excluding carboxylic acids is 1. The molecule has 2 rings (SSSR count). The van der Waals surface area contributed by atoms with Crippen molar-refractivity contribution in [3.8, 4) is 11.8 Å². The minimum absolute atomic E-state index is 0.0217. The van der Waals surface area contributed by atoms with Gasteiger partial charge in [0.05, 0.1) is 0 Å². The highest BCUT2D eigenvalue weighted by molar-refractivity contribution is 5.93. The molecule has 2 nitrogen and oxygen atoms in total. The maximum atomic E-state index is 11.5. The monoisotopic (exact) mass is 177 g/mol. The summed E-state index contributed by atoms with van der Waals surface area (Å²) < 4.78 is 0. The van der Waals surface area contributed by atoms with E-state index in [4.69, 9.17) is 0 Å². The van der Waals surface area contributed by atoms with Crippen LogP contribution in [0.2, 0.25) is 0 Å². The fourth-order valence-corrected chi connectivity index (χ4v) is 2.15. The van der Waals surface area contributed by atoms with Crippen molar-refractivity contribution >= 4 is 5.91 Å². The Hall–Kier alpha value is -0.970. The molecule has 1 saturated heterocycles. The second-order valence-electron chi connectivity index (χ2n) is 4.21. The second kappa shape index (κ2) is 3.06. The fraction of sp³-hybridized carbons (Fsp3) is 0.727. The first-order valence-corrected chi connectivity index (χ1v) is 4.97. The van der Waals surface area contributed by atoms with Gasteiger partial charge in [0.15, 0.2) is 0 Å². The number of hydrogen-bond acceptors (Lipinski definition) is 1. The van der Waals surface area contributed by atoms with Crippen LogP contribution >= 0.6 is 0 Å². The summed E-state index contributed by atoms with van der Waals surface area (Å²) in [6, 6.07) is 0. The lowest BCUT2D eigenvalue weighted by atomic mass is 9.95. The van der Waals surface area contributed by atoms with Crippen molar-refractivity contribution in [2.24, 2.45) is 5.41 Å². The molecule has 13 heavy (non-hydrogen) atoms. The van der Waals surface area contributed by atoms with E-state index in [1.54, 1.807) is 6.92 Å². The van der Waals surface area contributed by atoms with Crippen LogP contribution in [-0.4, -0.2) is 23.9 Å². The third kappa shape index (κ3) is 1.70. The third-order valence-electron chi connectivity index (χ3n) is 3.14.